The summed E-state index contributed by atoms with van der Waals surface area (Å²) in [5.74, 6) is -1.34. The van der Waals surface area contributed by atoms with Crippen LogP contribution in [-0.2, 0) is 11.2 Å². The van der Waals surface area contributed by atoms with Crippen LogP contribution in [0.1, 0.15) is 59.7 Å². The quantitative estimate of drug-likeness (QED) is 0.618. The van der Waals surface area contributed by atoms with Crippen molar-refractivity contribution >= 4 is 34.9 Å². The Hall–Kier alpha value is -1.95. The number of aliphatic hydroxyl groups is 1. The van der Waals surface area contributed by atoms with Crippen molar-refractivity contribution in [3.05, 3.63) is 68.4 Å². The third-order valence-electron chi connectivity index (χ3n) is 5.04. The first kappa shape index (κ1) is 21.8. The average Bonchev–Trinajstić information content (AvgIpc) is 3.38. The van der Waals surface area contributed by atoms with Gasteiger partial charge in [0.1, 0.15) is 5.82 Å². The fourth-order valence-corrected chi connectivity index (χ4v) is 3.70. The molecule has 0 saturated heterocycles. The van der Waals surface area contributed by atoms with E-state index < -0.39 is 17.3 Å². The van der Waals surface area contributed by atoms with Crippen LogP contribution in [0, 0.1) is 5.82 Å². The smallest absolute Gasteiger partial charge is 0.224 e. The molecule has 1 fully saturated rings. The van der Waals surface area contributed by atoms with Crippen LogP contribution in [0.3, 0.4) is 0 Å². The molecule has 0 aliphatic heterocycles. The van der Waals surface area contributed by atoms with Crippen molar-refractivity contribution < 1.29 is 19.1 Å². The molecule has 0 unspecified atom stereocenters. The lowest BCUT2D eigenvalue weighted by Gasteiger charge is -2.15. The van der Waals surface area contributed by atoms with Gasteiger partial charge in [0.05, 0.1) is 17.0 Å². The molecule has 0 aromatic heterocycles. The number of rotatable bonds is 7. The maximum atomic E-state index is 14.2. The summed E-state index contributed by atoms with van der Waals surface area (Å²) in [4.78, 5) is 25.3. The van der Waals surface area contributed by atoms with E-state index in [4.69, 9.17) is 23.2 Å². The molecular formula is C22H22Cl2FNO3. The lowest BCUT2D eigenvalue weighted by Crippen LogP contribution is -2.34. The highest BCUT2D eigenvalue weighted by Gasteiger charge is 2.40. The summed E-state index contributed by atoms with van der Waals surface area (Å²) < 4.78 is 14.2. The van der Waals surface area contributed by atoms with Crippen LogP contribution < -0.4 is 5.32 Å². The zero-order valence-electron chi connectivity index (χ0n) is 16.2. The summed E-state index contributed by atoms with van der Waals surface area (Å²) >= 11 is 12.4. The molecule has 2 aromatic carbocycles. The highest BCUT2D eigenvalue weighted by molar-refractivity contribution is 6.38. The maximum absolute atomic E-state index is 14.2. The third-order valence-corrected chi connectivity index (χ3v) is 5.55. The van der Waals surface area contributed by atoms with E-state index in [0.29, 0.717) is 29.0 Å². The van der Waals surface area contributed by atoms with Crippen molar-refractivity contribution in [2.24, 2.45) is 0 Å². The molecular weight excluding hydrogens is 416 g/mol. The van der Waals surface area contributed by atoms with Crippen LogP contribution in [-0.4, -0.2) is 28.9 Å². The molecule has 2 aromatic rings. The van der Waals surface area contributed by atoms with E-state index in [1.54, 1.807) is 6.07 Å². The number of nitrogens with one attached hydrogen (secondary N) is 1. The van der Waals surface area contributed by atoms with Crippen molar-refractivity contribution in [2.75, 3.05) is 6.54 Å². The standard InChI is InChI=1S/C22H22Cl2FNO3/c1-12(2)16-9-15(23)10-17(24)20(16)21(28)13-3-4-18(25)14(7-13)8-19(27)26-11-22(29)5-6-22/h3-4,7,9-10,12,29H,5-6,8,11H2,1-2H3,(H,26,27). The first-order valence-corrected chi connectivity index (χ1v) is 10.2. The van der Waals surface area contributed by atoms with Gasteiger partial charge in [-0.1, -0.05) is 37.0 Å². The zero-order valence-corrected chi connectivity index (χ0v) is 17.7. The van der Waals surface area contributed by atoms with E-state index in [1.807, 2.05) is 13.8 Å². The number of hydrogen-bond donors (Lipinski definition) is 2. The fraction of sp³-hybridized carbons (Fsp3) is 0.364. The summed E-state index contributed by atoms with van der Waals surface area (Å²) in [6, 6.07) is 7.12. The Bertz CT molecular complexity index is 971. The van der Waals surface area contributed by atoms with Crippen LogP contribution in [0.5, 0.6) is 0 Å². The van der Waals surface area contributed by atoms with Gasteiger partial charge in [-0.05, 0) is 60.2 Å². The van der Waals surface area contributed by atoms with Gasteiger partial charge in [0.15, 0.2) is 5.78 Å². The Balaban J connectivity index is 1.85. The normalized spacial score (nSPS) is 14.7. The van der Waals surface area contributed by atoms with E-state index in [-0.39, 0.29) is 40.8 Å². The van der Waals surface area contributed by atoms with Crippen molar-refractivity contribution in [1.29, 1.82) is 0 Å². The summed E-state index contributed by atoms with van der Waals surface area (Å²) in [7, 11) is 0. The largest absolute Gasteiger partial charge is 0.388 e. The van der Waals surface area contributed by atoms with Gasteiger partial charge < -0.3 is 10.4 Å². The molecule has 7 heteroatoms. The SMILES string of the molecule is CC(C)c1cc(Cl)cc(Cl)c1C(=O)c1ccc(F)c(CC(=O)NCC2(O)CC2)c1. The predicted molar refractivity (Wildman–Crippen MR) is 111 cm³/mol. The van der Waals surface area contributed by atoms with Gasteiger partial charge in [0.2, 0.25) is 5.91 Å². The van der Waals surface area contributed by atoms with E-state index in [2.05, 4.69) is 5.32 Å². The number of ketones is 1. The minimum atomic E-state index is -0.829. The Kier molecular flexibility index (Phi) is 6.32. The number of halogens is 3. The summed E-state index contributed by atoms with van der Waals surface area (Å²) in [6.07, 6.45) is 1.06. The molecule has 1 aliphatic rings. The first-order chi connectivity index (χ1) is 13.6. The van der Waals surface area contributed by atoms with E-state index >= 15 is 0 Å². The molecule has 1 aliphatic carbocycles. The second kappa shape index (κ2) is 8.42. The van der Waals surface area contributed by atoms with Crippen molar-refractivity contribution in [2.45, 2.75) is 44.6 Å². The van der Waals surface area contributed by atoms with Gasteiger partial charge >= 0.3 is 0 Å². The summed E-state index contributed by atoms with van der Waals surface area (Å²) in [5.41, 5.74) is 0.538. The van der Waals surface area contributed by atoms with Gasteiger partial charge in [0.25, 0.3) is 0 Å². The predicted octanol–water partition coefficient (Wildman–Crippen LogP) is 4.67. The Morgan fingerprint density at radius 2 is 1.90 bits per heavy atom. The minimum Gasteiger partial charge on any atom is -0.388 e. The lowest BCUT2D eigenvalue weighted by atomic mass is 9.91. The van der Waals surface area contributed by atoms with E-state index in [0.717, 1.165) is 0 Å². The second-order valence-electron chi connectivity index (χ2n) is 7.82. The Morgan fingerprint density at radius 3 is 2.52 bits per heavy atom. The molecule has 3 rings (SSSR count). The summed E-state index contributed by atoms with van der Waals surface area (Å²) in [5, 5.41) is 13.1. The van der Waals surface area contributed by atoms with Gasteiger partial charge in [-0.25, -0.2) is 4.39 Å². The van der Waals surface area contributed by atoms with Crippen LogP contribution in [0.25, 0.3) is 0 Å². The summed E-state index contributed by atoms with van der Waals surface area (Å²) in [6.45, 7) is 3.99. The van der Waals surface area contributed by atoms with Gasteiger partial charge in [-0.2, -0.15) is 0 Å². The van der Waals surface area contributed by atoms with E-state index in [1.165, 1.54) is 24.3 Å². The van der Waals surface area contributed by atoms with Crippen molar-refractivity contribution in [3.8, 4) is 0 Å². The van der Waals surface area contributed by atoms with Crippen molar-refractivity contribution in [1.82, 2.24) is 5.32 Å². The molecule has 4 nitrogen and oxygen atoms in total. The number of benzene rings is 2. The zero-order chi connectivity index (χ0) is 21.3. The lowest BCUT2D eigenvalue weighted by molar-refractivity contribution is -0.121. The number of carbonyl (C=O) groups is 2. The van der Waals surface area contributed by atoms with Crippen LogP contribution >= 0.6 is 23.2 Å². The van der Waals surface area contributed by atoms with Crippen LogP contribution in [0.4, 0.5) is 4.39 Å². The molecule has 154 valence electrons. The van der Waals surface area contributed by atoms with Crippen molar-refractivity contribution in [3.63, 3.8) is 0 Å². The van der Waals surface area contributed by atoms with Gasteiger partial charge in [-0.15, -0.1) is 0 Å². The fourth-order valence-electron chi connectivity index (χ4n) is 3.10. The molecule has 0 bridgehead atoms. The number of hydrogen-bond acceptors (Lipinski definition) is 3. The minimum absolute atomic E-state index is 0.00377. The van der Waals surface area contributed by atoms with E-state index in [9.17, 15) is 19.1 Å². The molecule has 0 radical (unpaired) electrons. The van der Waals surface area contributed by atoms with Crippen LogP contribution in [0.2, 0.25) is 10.0 Å². The topological polar surface area (TPSA) is 66.4 Å². The highest BCUT2D eigenvalue weighted by atomic mass is 35.5. The molecule has 0 spiro atoms. The second-order valence-corrected chi connectivity index (χ2v) is 8.66. The van der Waals surface area contributed by atoms with Crippen LogP contribution in [0.15, 0.2) is 30.3 Å². The first-order valence-electron chi connectivity index (χ1n) is 9.41. The highest BCUT2D eigenvalue weighted by Crippen LogP contribution is 2.34. The number of carbonyl (C=O) groups excluding carboxylic acids is 2. The molecule has 2 N–H and O–H groups in total. The number of amides is 1. The average molecular weight is 438 g/mol. The third kappa shape index (κ3) is 5.16. The van der Waals surface area contributed by atoms with Gasteiger partial charge in [-0.3, -0.25) is 9.59 Å². The molecule has 1 saturated carbocycles. The Morgan fingerprint density at radius 1 is 1.21 bits per heavy atom. The molecule has 1 amide bonds. The molecule has 0 heterocycles. The Labute approximate surface area is 179 Å². The van der Waals surface area contributed by atoms with Gasteiger partial charge in [0, 0.05) is 22.7 Å². The monoisotopic (exact) mass is 437 g/mol. The molecule has 29 heavy (non-hydrogen) atoms. The molecule has 0 atom stereocenters. The maximum Gasteiger partial charge on any atom is 0.224 e.